The van der Waals surface area contributed by atoms with Gasteiger partial charge in [0.2, 0.25) is 0 Å². The standard InChI is InChI=1S/C22H25N3O2S/c1-15(2)25(22(26)19-14-28-21(12-23)24-19)13-16-8-10-17(11-9-16)18-6-4-5-7-20(18)27-3/h4-11,14-15H,12-13,23H2,1-3H3. The molecule has 3 aromatic rings. The van der Waals surface area contributed by atoms with Gasteiger partial charge in [0.25, 0.3) is 5.91 Å². The summed E-state index contributed by atoms with van der Waals surface area (Å²) in [4.78, 5) is 19.1. The molecular weight excluding hydrogens is 370 g/mol. The monoisotopic (exact) mass is 395 g/mol. The van der Waals surface area contributed by atoms with E-state index < -0.39 is 0 Å². The molecule has 28 heavy (non-hydrogen) atoms. The Kier molecular flexibility index (Phi) is 6.44. The number of para-hydroxylation sites is 1. The summed E-state index contributed by atoms with van der Waals surface area (Å²) < 4.78 is 5.45. The fourth-order valence-corrected chi connectivity index (χ4v) is 3.66. The zero-order valence-corrected chi connectivity index (χ0v) is 17.2. The van der Waals surface area contributed by atoms with E-state index in [2.05, 4.69) is 29.2 Å². The van der Waals surface area contributed by atoms with Crippen LogP contribution in [0.5, 0.6) is 5.75 Å². The van der Waals surface area contributed by atoms with Crippen molar-refractivity contribution in [2.24, 2.45) is 5.73 Å². The summed E-state index contributed by atoms with van der Waals surface area (Å²) >= 11 is 1.42. The lowest BCUT2D eigenvalue weighted by molar-refractivity contribution is 0.0685. The second-order valence-corrected chi connectivity index (χ2v) is 7.70. The molecule has 0 unspecified atom stereocenters. The van der Waals surface area contributed by atoms with Crippen LogP contribution in [-0.4, -0.2) is 28.9 Å². The lowest BCUT2D eigenvalue weighted by Gasteiger charge is -2.26. The average molecular weight is 396 g/mol. The third-order valence-electron chi connectivity index (χ3n) is 4.55. The zero-order chi connectivity index (χ0) is 20.1. The Morgan fingerprint density at radius 3 is 2.50 bits per heavy atom. The molecule has 2 N–H and O–H groups in total. The van der Waals surface area contributed by atoms with Crippen molar-refractivity contribution in [3.63, 3.8) is 0 Å². The van der Waals surface area contributed by atoms with Crippen molar-refractivity contribution in [1.29, 1.82) is 0 Å². The Labute approximate surface area is 169 Å². The summed E-state index contributed by atoms with van der Waals surface area (Å²) in [5.41, 5.74) is 9.27. The van der Waals surface area contributed by atoms with Gasteiger partial charge in [-0.1, -0.05) is 42.5 Å². The third kappa shape index (κ3) is 4.40. The number of aromatic nitrogens is 1. The Balaban J connectivity index is 1.79. The summed E-state index contributed by atoms with van der Waals surface area (Å²) in [6.07, 6.45) is 0. The molecule has 3 rings (SSSR count). The van der Waals surface area contributed by atoms with Crippen molar-refractivity contribution in [3.05, 3.63) is 70.2 Å². The van der Waals surface area contributed by atoms with Gasteiger partial charge in [-0.25, -0.2) is 4.98 Å². The van der Waals surface area contributed by atoms with Gasteiger partial charge in [0.05, 0.1) is 7.11 Å². The molecule has 0 fully saturated rings. The quantitative estimate of drug-likeness (QED) is 0.647. The predicted molar refractivity (Wildman–Crippen MR) is 113 cm³/mol. The minimum absolute atomic E-state index is 0.0596. The van der Waals surface area contributed by atoms with Crippen molar-refractivity contribution < 1.29 is 9.53 Å². The highest BCUT2D eigenvalue weighted by Gasteiger charge is 2.21. The molecule has 0 bridgehead atoms. The van der Waals surface area contributed by atoms with Crippen LogP contribution in [0, 0.1) is 0 Å². The van der Waals surface area contributed by atoms with Crippen molar-refractivity contribution in [2.45, 2.75) is 33.0 Å². The van der Waals surface area contributed by atoms with Gasteiger partial charge in [-0.2, -0.15) is 0 Å². The third-order valence-corrected chi connectivity index (χ3v) is 5.43. The number of methoxy groups -OCH3 is 1. The number of nitrogens with zero attached hydrogens (tertiary/aromatic N) is 2. The van der Waals surface area contributed by atoms with Crippen LogP contribution < -0.4 is 10.5 Å². The second-order valence-electron chi connectivity index (χ2n) is 6.75. The number of hydrogen-bond acceptors (Lipinski definition) is 5. The average Bonchev–Trinajstić information content (AvgIpc) is 3.21. The molecule has 1 amide bonds. The Hall–Kier alpha value is -2.70. The van der Waals surface area contributed by atoms with Crippen molar-refractivity contribution in [3.8, 4) is 16.9 Å². The minimum Gasteiger partial charge on any atom is -0.496 e. The molecule has 0 saturated heterocycles. The number of rotatable bonds is 7. The fraction of sp³-hybridized carbons (Fsp3) is 0.273. The summed E-state index contributed by atoms with van der Waals surface area (Å²) in [5.74, 6) is 0.772. The molecule has 146 valence electrons. The molecule has 5 nitrogen and oxygen atoms in total. The molecule has 1 aromatic heterocycles. The van der Waals surface area contributed by atoms with Gasteiger partial charge in [0.15, 0.2) is 0 Å². The van der Waals surface area contributed by atoms with Crippen molar-refractivity contribution in [1.82, 2.24) is 9.88 Å². The lowest BCUT2D eigenvalue weighted by atomic mass is 10.0. The highest BCUT2D eigenvalue weighted by molar-refractivity contribution is 7.09. The van der Waals surface area contributed by atoms with Crippen LogP contribution in [0.15, 0.2) is 53.9 Å². The number of ether oxygens (including phenoxy) is 1. The maximum absolute atomic E-state index is 12.9. The number of carbonyl (C=O) groups is 1. The van der Waals surface area contributed by atoms with Gasteiger partial charge in [-0.15, -0.1) is 11.3 Å². The molecule has 0 aliphatic rings. The lowest BCUT2D eigenvalue weighted by Crippen LogP contribution is -2.36. The second kappa shape index (κ2) is 8.99. The number of amides is 1. The van der Waals surface area contributed by atoms with E-state index in [0.717, 1.165) is 27.4 Å². The first-order chi connectivity index (χ1) is 13.5. The van der Waals surface area contributed by atoms with Gasteiger partial charge in [0, 0.05) is 30.1 Å². The zero-order valence-electron chi connectivity index (χ0n) is 16.4. The number of benzene rings is 2. The molecule has 0 radical (unpaired) electrons. The molecule has 0 spiro atoms. The smallest absolute Gasteiger partial charge is 0.273 e. The Morgan fingerprint density at radius 2 is 1.89 bits per heavy atom. The number of hydrogen-bond donors (Lipinski definition) is 1. The van der Waals surface area contributed by atoms with Crippen LogP contribution in [0.2, 0.25) is 0 Å². The van der Waals surface area contributed by atoms with Crippen molar-refractivity contribution in [2.75, 3.05) is 7.11 Å². The van der Waals surface area contributed by atoms with Crippen LogP contribution in [0.25, 0.3) is 11.1 Å². The molecule has 0 saturated carbocycles. The summed E-state index contributed by atoms with van der Waals surface area (Å²) in [6.45, 7) is 4.90. The maximum atomic E-state index is 12.9. The van der Waals surface area contributed by atoms with E-state index in [-0.39, 0.29) is 11.9 Å². The van der Waals surface area contributed by atoms with Gasteiger partial charge >= 0.3 is 0 Å². The van der Waals surface area contributed by atoms with E-state index in [1.54, 1.807) is 12.5 Å². The number of carbonyl (C=O) groups excluding carboxylic acids is 1. The van der Waals surface area contributed by atoms with Crippen LogP contribution in [0.4, 0.5) is 0 Å². The summed E-state index contributed by atoms with van der Waals surface area (Å²) in [5, 5.41) is 2.55. The van der Waals surface area contributed by atoms with Gasteiger partial charge in [-0.05, 0) is 31.0 Å². The topological polar surface area (TPSA) is 68.5 Å². The van der Waals surface area contributed by atoms with Crippen LogP contribution in [-0.2, 0) is 13.1 Å². The first-order valence-electron chi connectivity index (χ1n) is 9.21. The van der Waals surface area contributed by atoms with E-state index in [9.17, 15) is 4.79 Å². The van der Waals surface area contributed by atoms with Gasteiger partial charge in [0.1, 0.15) is 16.5 Å². The van der Waals surface area contributed by atoms with Crippen LogP contribution in [0.3, 0.4) is 0 Å². The van der Waals surface area contributed by atoms with Crippen LogP contribution in [0.1, 0.15) is 34.9 Å². The molecule has 0 atom stereocenters. The number of thiazole rings is 1. The van der Waals surface area contributed by atoms with E-state index in [4.69, 9.17) is 10.5 Å². The number of nitrogens with two attached hydrogens (primary N) is 1. The van der Waals surface area contributed by atoms with E-state index in [1.807, 2.05) is 43.0 Å². The Bertz CT molecular complexity index is 935. The minimum atomic E-state index is -0.0697. The molecular formula is C22H25N3O2S. The summed E-state index contributed by atoms with van der Waals surface area (Å²) in [6, 6.07) is 16.2. The maximum Gasteiger partial charge on any atom is 0.273 e. The highest BCUT2D eigenvalue weighted by atomic mass is 32.1. The van der Waals surface area contributed by atoms with Crippen LogP contribution >= 0.6 is 11.3 Å². The Morgan fingerprint density at radius 1 is 1.18 bits per heavy atom. The highest BCUT2D eigenvalue weighted by Crippen LogP contribution is 2.29. The molecule has 1 heterocycles. The molecule has 6 heteroatoms. The summed E-state index contributed by atoms with van der Waals surface area (Å²) in [7, 11) is 1.67. The van der Waals surface area contributed by atoms with Crippen molar-refractivity contribution >= 4 is 17.2 Å². The van der Waals surface area contributed by atoms with Gasteiger partial charge in [-0.3, -0.25) is 4.79 Å². The molecule has 0 aliphatic carbocycles. The van der Waals surface area contributed by atoms with E-state index in [1.165, 1.54) is 11.3 Å². The van der Waals surface area contributed by atoms with E-state index in [0.29, 0.717) is 18.8 Å². The normalized spacial score (nSPS) is 10.9. The van der Waals surface area contributed by atoms with Gasteiger partial charge < -0.3 is 15.4 Å². The molecule has 0 aliphatic heterocycles. The SMILES string of the molecule is COc1ccccc1-c1ccc(CN(C(=O)c2csc(CN)n2)C(C)C)cc1. The fourth-order valence-electron chi connectivity index (χ4n) is 3.01. The molecule has 2 aromatic carbocycles. The predicted octanol–water partition coefficient (Wildman–Crippen LogP) is 4.33. The van der Waals surface area contributed by atoms with E-state index >= 15 is 0 Å². The first kappa shape index (κ1) is 20.0. The largest absolute Gasteiger partial charge is 0.496 e. The first-order valence-corrected chi connectivity index (χ1v) is 10.1.